The van der Waals surface area contributed by atoms with E-state index in [0.29, 0.717) is 11.3 Å². The van der Waals surface area contributed by atoms with Crippen molar-refractivity contribution in [1.29, 1.82) is 0 Å². The summed E-state index contributed by atoms with van der Waals surface area (Å²) in [5.74, 6) is -0.698. The number of para-hydroxylation sites is 1. The SMILES string of the molecule is Cc1nc(-c2ccccc2)ccc1C(=O)NNC(=O)Cc1c[nH]c2ccccc12. The minimum absolute atomic E-state index is 0.161. The third-order valence-corrected chi connectivity index (χ3v) is 4.74. The number of nitrogens with zero attached hydrogens (tertiary/aromatic N) is 1. The number of hydrazine groups is 1. The topological polar surface area (TPSA) is 86.9 Å². The molecule has 2 aromatic carbocycles. The molecule has 0 fully saturated rings. The molecule has 6 heteroatoms. The lowest BCUT2D eigenvalue weighted by Gasteiger charge is -2.10. The number of nitrogens with one attached hydrogen (secondary N) is 3. The van der Waals surface area contributed by atoms with Crippen molar-refractivity contribution in [3.05, 3.63) is 89.7 Å². The van der Waals surface area contributed by atoms with Gasteiger partial charge in [-0.25, -0.2) is 0 Å². The van der Waals surface area contributed by atoms with Crippen LogP contribution in [0.1, 0.15) is 21.6 Å². The van der Waals surface area contributed by atoms with Crippen molar-refractivity contribution in [2.75, 3.05) is 0 Å². The van der Waals surface area contributed by atoms with Crippen molar-refractivity contribution in [3.8, 4) is 11.3 Å². The number of aryl methyl sites for hydroxylation is 1. The van der Waals surface area contributed by atoms with Crippen LogP contribution in [0.5, 0.6) is 0 Å². The molecule has 4 rings (SSSR count). The van der Waals surface area contributed by atoms with Gasteiger partial charge in [0.1, 0.15) is 0 Å². The highest BCUT2D eigenvalue weighted by molar-refractivity contribution is 5.97. The molecule has 6 nitrogen and oxygen atoms in total. The van der Waals surface area contributed by atoms with Crippen LogP contribution in [0.3, 0.4) is 0 Å². The number of carbonyl (C=O) groups is 2. The van der Waals surface area contributed by atoms with Gasteiger partial charge in [-0.15, -0.1) is 0 Å². The van der Waals surface area contributed by atoms with Gasteiger partial charge in [-0.1, -0.05) is 48.5 Å². The number of H-pyrrole nitrogens is 1. The summed E-state index contributed by atoms with van der Waals surface area (Å²) in [4.78, 5) is 32.4. The molecule has 0 aliphatic carbocycles. The molecule has 2 heterocycles. The van der Waals surface area contributed by atoms with Crippen molar-refractivity contribution < 1.29 is 9.59 Å². The molecule has 0 saturated carbocycles. The van der Waals surface area contributed by atoms with Gasteiger partial charge >= 0.3 is 0 Å². The summed E-state index contributed by atoms with van der Waals surface area (Å²) in [6.45, 7) is 1.77. The Hall–Kier alpha value is -3.93. The largest absolute Gasteiger partial charge is 0.361 e. The summed E-state index contributed by atoms with van der Waals surface area (Å²) < 4.78 is 0. The zero-order valence-corrected chi connectivity index (χ0v) is 15.9. The molecule has 0 aliphatic heterocycles. The Labute approximate surface area is 168 Å². The Morgan fingerprint density at radius 1 is 0.931 bits per heavy atom. The molecule has 0 radical (unpaired) electrons. The molecule has 2 amide bonds. The van der Waals surface area contributed by atoms with Gasteiger partial charge in [0, 0.05) is 22.7 Å². The van der Waals surface area contributed by atoms with Crippen molar-refractivity contribution in [3.63, 3.8) is 0 Å². The zero-order valence-electron chi connectivity index (χ0n) is 15.9. The molecule has 3 N–H and O–H groups in total. The standard InChI is InChI=1S/C23H20N4O2/c1-15-18(11-12-20(25-15)16-7-3-2-4-8-16)23(29)27-26-22(28)13-17-14-24-21-10-6-5-9-19(17)21/h2-12,14,24H,13H2,1H3,(H,26,28)(H,27,29). The third kappa shape index (κ3) is 4.01. The summed E-state index contributed by atoms with van der Waals surface area (Å²) >= 11 is 0. The van der Waals surface area contributed by atoms with Gasteiger partial charge in [-0.05, 0) is 30.7 Å². The number of benzene rings is 2. The van der Waals surface area contributed by atoms with Crippen LogP contribution >= 0.6 is 0 Å². The molecule has 144 valence electrons. The van der Waals surface area contributed by atoms with Crippen LogP contribution in [-0.2, 0) is 11.2 Å². The molecule has 4 aromatic rings. The predicted octanol–water partition coefficient (Wildman–Crippen LogP) is 3.54. The van der Waals surface area contributed by atoms with Crippen LogP contribution < -0.4 is 10.9 Å². The second-order valence-electron chi connectivity index (χ2n) is 6.73. The van der Waals surface area contributed by atoms with Gasteiger partial charge in [-0.2, -0.15) is 0 Å². The van der Waals surface area contributed by atoms with E-state index in [2.05, 4.69) is 20.8 Å². The van der Waals surface area contributed by atoms with Gasteiger partial charge in [0.05, 0.1) is 23.4 Å². The molecular formula is C23H20N4O2. The van der Waals surface area contributed by atoms with E-state index in [1.54, 1.807) is 19.1 Å². The summed E-state index contributed by atoms with van der Waals surface area (Å²) in [6.07, 6.45) is 1.97. The highest BCUT2D eigenvalue weighted by atomic mass is 16.2. The third-order valence-electron chi connectivity index (χ3n) is 4.74. The average Bonchev–Trinajstić information content (AvgIpc) is 3.15. The van der Waals surface area contributed by atoms with Crippen LogP contribution in [0.15, 0.2) is 72.9 Å². The van der Waals surface area contributed by atoms with Crippen molar-refractivity contribution >= 4 is 22.7 Å². The first-order valence-corrected chi connectivity index (χ1v) is 9.29. The van der Waals surface area contributed by atoms with E-state index in [0.717, 1.165) is 27.7 Å². The van der Waals surface area contributed by atoms with Gasteiger partial charge in [0.25, 0.3) is 5.91 Å². The van der Waals surface area contributed by atoms with Crippen LogP contribution in [0.25, 0.3) is 22.2 Å². The molecule has 0 aliphatic rings. The molecule has 0 bridgehead atoms. The quantitative estimate of drug-likeness (QED) is 0.470. The molecule has 0 spiro atoms. The lowest BCUT2D eigenvalue weighted by atomic mass is 10.1. The number of fused-ring (bicyclic) bond motifs is 1. The molecule has 2 aromatic heterocycles. The Morgan fingerprint density at radius 3 is 2.48 bits per heavy atom. The summed E-state index contributed by atoms with van der Waals surface area (Å²) in [7, 11) is 0. The lowest BCUT2D eigenvalue weighted by Crippen LogP contribution is -2.42. The van der Waals surface area contributed by atoms with E-state index in [9.17, 15) is 9.59 Å². The minimum Gasteiger partial charge on any atom is -0.361 e. The first-order valence-electron chi connectivity index (χ1n) is 9.29. The molecule has 0 atom stereocenters. The van der Waals surface area contributed by atoms with E-state index in [-0.39, 0.29) is 12.3 Å². The number of rotatable bonds is 4. The van der Waals surface area contributed by atoms with E-state index in [1.807, 2.05) is 60.8 Å². The summed E-state index contributed by atoms with van der Waals surface area (Å²) in [6, 6.07) is 21.0. The Morgan fingerprint density at radius 2 is 1.69 bits per heavy atom. The molecular weight excluding hydrogens is 364 g/mol. The van der Waals surface area contributed by atoms with Gasteiger partial charge in [-0.3, -0.25) is 25.4 Å². The van der Waals surface area contributed by atoms with Crippen molar-refractivity contribution in [2.45, 2.75) is 13.3 Å². The van der Waals surface area contributed by atoms with Crippen molar-refractivity contribution in [2.24, 2.45) is 0 Å². The van der Waals surface area contributed by atoms with Gasteiger partial charge in [0.15, 0.2) is 0 Å². The number of aromatic amines is 1. The number of hydrogen-bond donors (Lipinski definition) is 3. The number of pyridine rings is 1. The van der Waals surface area contributed by atoms with Crippen molar-refractivity contribution in [1.82, 2.24) is 20.8 Å². The maximum atomic E-state index is 12.5. The lowest BCUT2D eigenvalue weighted by molar-refractivity contribution is -0.121. The Kier molecular flexibility index (Phi) is 5.07. The second-order valence-corrected chi connectivity index (χ2v) is 6.73. The summed E-state index contributed by atoms with van der Waals surface area (Å²) in [5, 5.41) is 0.991. The van der Waals surface area contributed by atoms with E-state index in [4.69, 9.17) is 0 Å². The number of aromatic nitrogens is 2. The van der Waals surface area contributed by atoms with Gasteiger partial charge in [0.2, 0.25) is 5.91 Å². The van der Waals surface area contributed by atoms with Crippen LogP contribution in [0, 0.1) is 6.92 Å². The Balaban J connectivity index is 1.40. The first kappa shape index (κ1) is 18.4. The predicted molar refractivity (Wildman–Crippen MR) is 112 cm³/mol. The van der Waals surface area contributed by atoms with Crippen LogP contribution in [-0.4, -0.2) is 21.8 Å². The average molecular weight is 384 g/mol. The zero-order chi connectivity index (χ0) is 20.2. The molecule has 0 unspecified atom stereocenters. The monoisotopic (exact) mass is 384 g/mol. The maximum absolute atomic E-state index is 12.5. The maximum Gasteiger partial charge on any atom is 0.271 e. The fourth-order valence-corrected chi connectivity index (χ4v) is 3.26. The Bertz CT molecular complexity index is 1180. The van der Waals surface area contributed by atoms with E-state index in [1.165, 1.54) is 0 Å². The first-order chi connectivity index (χ1) is 14.1. The van der Waals surface area contributed by atoms with Crippen LogP contribution in [0.2, 0.25) is 0 Å². The number of amides is 2. The van der Waals surface area contributed by atoms with Gasteiger partial charge < -0.3 is 4.98 Å². The van der Waals surface area contributed by atoms with E-state index >= 15 is 0 Å². The highest BCUT2D eigenvalue weighted by Crippen LogP contribution is 2.19. The molecule has 29 heavy (non-hydrogen) atoms. The minimum atomic E-state index is -0.401. The normalized spacial score (nSPS) is 10.7. The fourth-order valence-electron chi connectivity index (χ4n) is 3.26. The number of hydrogen-bond acceptors (Lipinski definition) is 3. The highest BCUT2D eigenvalue weighted by Gasteiger charge is 2.13. The molecule has 0 saturated heterocycles. The second kappa shape index (κ2) is 7.98. The summed E-state index contributed by atoms with van der Waals surface area (Å²) in [5.41, 5.74) is 9.57. The fraction of sp³-hybridized carbons (Fsp3) is 0.0870. The van der Waals surface area contributed by atoms with Crippen LogP contribution in [0.4, 0.5) is 0 Å². The number of carbonyl (C=O) groups excluding carboxylic acids is 2. The smallest absolute Gasteiger partial charge is 0.271 e. The van der Waals surface area contributed by atoms with E-state index < -0.39 is 5.91 Å².